The topological polar surface area (TPSA) is 0 Å². The Bertz CT molecular complexity index is 20.4. The van der Waals surface area contributed by atoms with E-state index in [0.29, 0.717) is 0 Å². The predicted molar refractivity (Wildman–Crippen MR) is 30.9 cm³/mol. The monoisotopic (exact) mass is 183 g/mol. The molecule has 5 radical (unpaired) electrons. The van der Waals surface area contributed by atoms with Crippen LogP contribution in [0.25, 0.3) is 0 Å². The van der Waals surface area contributed by atoms with E-state index in [4.69, 9.17) is 6.58 Å². The normalized spacial score (nSPS) is 4.00. The summed E-state index contributed by atoms with van der Waals surface area (Å²) in [4.78, 5) is 0. The summed E-state index contributed by atoms with van der Waals surface area (Å²) >= 11 is 0. The molecule has 0 rings (SSSR count). The third-order valence-electron chi connectivity index (χ3n) is 0. The molecule has 0 aromatic carbocycles. The van der Waals surface area contributed by atoms with Crippen molar-refractivity contribution in [2.75, 3.05) is 0 Å². The zero-order valence-electron chi connectivity index (χ0n) is 2.65. The second kappa shape index (κ2) is 9.25. The predicted octanol–water partition coefficient (Wildman–Crippen LogP) is -0.344. The van der Waals surface area contributed by atoms with Crippen molar-refractivity contribution in [2.24, 2.45) is 0 Å². The van der Waals surface area contributed by atoms with E-state index in [0.717, 1.165) is 10.2 Å². The fraction of sp³-hybridized carbons (Fsp3) is 0. The molecular weight excluding hydrogens is 171 g/mol. The zero-order valence-corrected chi connectivity index (χ0v) is 7.51. The van der Waals surface area contributed by atoms with Gasteiger partial charge in [0.2, 0.25) is 0 Å². The van der Waals surface area contributed by atoms with E-state index in [1.54, 1.807) is 5.70 Å². The van der Waals surface area contributed by atoms with Crippen molar-refractivity contribution in [2.45, 2.75) is 0 Å². The van der Waals surface area contributed by atoms with E-state index in [2.05, 4.69) is 0 Å². The second-order valence-electron chi connectivity index (χ2n) is 0.333. The molecule has 0 saturated carbocycles. The van der Waals surface area contributed by atoms with Crippen LogP contribution in [0.3, 0.4) is 0 Å². The van der Waals surface area contributed by atoms with Crippen molar-refractivity contribution in [3.8, 4) is 0 Å². The molecule has 0 N–H and O–H groups in total. The molecule has 0 bridgehead atoms. The Balaban J connectivity index is -0.00000000333. The smallest absolute Gasteiger partial charge is 0.0291 e. The number of hydrogen-bond donors (Lipinski definition) is 0. The van der Waals surface area contributed by atoms with Gasteiger partial charge in [-0.25, -0.2) is 0 Å². The molecule has 0 aliphatic rings. The van der Waals surface area contributed by atoms with E-state index < -0.39 is 0 Å². The van der Waals surface area contributed by atoms with Gasteiger partial charge in [-0.2, -0.15) is 0 Å². The minimum absolute atomic E-state index is 0. The van der Waals surface area contributed by atoms with Crippen LogP contribution in [-0.2, 0) is 0 Å². The molecule has 27 valence electrons. The molecule has 0 aliphatic heterocycles. The number of rotatable bonds is 0. The molecule has 0 fully saturated rings. The summed E-state index contributed by atoms with van der Waals surface area (Å²) in [6.07, 6.45) is 0. The van der Waals surface area contributed by atoms with Gasteiger partial charge >= 0.3 is 0 Å². The van der Waals surface area contributed by atoms with Crippen LogP contribution in [0.5, 0.6) is 0 Å². The van der Waals surface area contributed by atoms with Crippen LogP contribution < -0.4 is 0 Å². The maximum absolute atomic E-state index is 4.78. The van der Waals surface area contributed by atoms with E-state index in [-0.39, 0.29) is 28.2 Å². The molecule has 0 atom stereocenters. The standard InChI is InChI=1S/C2H5Si.Sn.3H2/c1-2-3;;;;/h1-2H,3H3;;3*1H. The third kappa shape index (κ3) is 14.9. The molecule has 4 heavy (non-hydrogen) atoms. The van der Waals surface area contributed by atoms with Gasteiger partial charge < -0.3 is 0 Å². The third-order valence-corrected chi connectivity index (χ3v) is 0. The molecule has 0 aromatic rings. The van der Waals surface area contributed by atoms with Crippen LogP contribution in [0.15, 0.2) is 5.70 Å². The summed E-state index contributed by atoms with van der Waals surface area (Å²) in [6, 6.07) is 0. The summed E-state index contributed by atoms with van der Waals surface area (Å²) in [5, 5.41) is 0. The van der Waals surface area contributed by atoms with Gasteiger partial charge in [0.1, 0.15) is 0 Å². The number of hydrogen-bond acceptors (Lipinski definition) is 0. The van der Waals surface area contributed by atoms with Crippen molar-refractivity contribution in [3.05, 3.63) is 12.3 Å². The van der Waals surface area contributed by atoms with Crippen LogP contribution in [0, 0.1) is 6.58 Å². The zero-order chi connectivity index (χ0) is 2.71. The first-order valence-corrected chi connectivity index (χ1v) is 2.07. The van der Waals surface area contributed by atoms with Gasteiger partial charge in [0.25, 0.3) is 0 Å². The summed E-state index contributed by atoms with van der Waals surface area (Å²) in [5.41, 5.74) is 1.64. The Kier molecular flexibility index (Phi) is 20.4. The second-order valence-corrected chi connectivity index (χ2v) is 1.00. The summed E-state index contributed by atoms with van der Waals surface area (Å²) in [5.74, 6) is 0. The van der Waals surface area contributed by atoms with Gasteiger partial charge in [0.15, 0.2) is 0 Å². The first kappa shape index (κ1) is 8.83. The molecule has 0 spiro atoms. The average Bonchev–Trinajstić information content (AvgIpc) is 0.918. The van der Waals surface area contributed by atoms with Gasteiger partial charge in [0.05, 0.1) is 0 Å². The fourth-order valence-electron chi connectivity index (χ4n) is 0. The van der Waals surface area contributed by atoms with E-state index in [1.807, 2.05) is 0 Å². The van der Waals surface area contributed by atoms with Crippen molar-refractivity contribution >= 4 is 34.2 Å². The molecule has 2 heteroatoms. The molecule has 0 unspecified atom stereocenters. The van der Waals surface area contributed by atoms with Gasteiger partial charge in [-0.3, -0.25) is 0 Å². The van der Waals surface area contributed by atoms with Crippen molar-refractivity contribution in [1.29, 1.82) is 0 Å². The van der Waals surface area contributed by atoms with Gasteiger partial charge in [-0.05, 0) is 0 Å². The maximum atomic E-state index is 4.78. The molecule has 0 aliphatic carbocycles. The van der Waals surface area contributed by atoms with E-state index >= 15 is 0 Å². The average molecular weight is 182 g/mol. The Hall–Kier alpha value is 0.756. The van der Waals surface area contributed by atoms with Gasteiger partial charge in [-0.15, -0.1) is 5.70 Å². The van der Waals surface area contributed by atoms with Crippen LogP contribution in [0.4, 0.5) is 0 Å². The molecule has 0 amide bonds. The minimum Gasteiger partial charge on any atom is -0.105 e. The van der Waals surface area contributed by atoms with E-state index in [1.165, 1.54) is 0 Å². The van der Waals surface area contributed by atoms with E-state index in [9.17, 15) is 0 Å². The Morgan fingerprint density at radius 3 is 2.00 bits per heavy atom. The largest absolute Gasteiger partial charge is 0.105 e. The molecule has 0 aromatic heterocycles. The molecule has 0 nitrogen and oxygen atoms in total. The fourth-order valence-corrected chi connectivity index (χ4v) is 0. The van der Waals surface area contributed by atoms with Crippen molar-refractivity contribution in [1.82, 2.24) is 0 Å². The van der Waals surface area contributed by atoms with Crippen molar-refractivity contribution < 1.29 is 4.28 Å². The Morgan fingerprint density at radius 1 is 2.00 bits per heavy atom. The molecular formula is C2H11SiSn. The summed E-state index contributed by atoms with van der Waals surface area (Å²) in [6.45, 7) is 4.78. The quantitative estimate of drug-likeness (QED) is 0.449. The SMILES string of the molecule is [CH]=C[SiH3].[HH].[HH].[HH].[Sn]. The van der Waals surface area contributed by atoms with Gasteiger partial charge in [0, 0.05) is 38.4 Å². The van der Waals surface area contributed by atoms with Crippen LogP contribution in [-0.4, -0.2) is 34.2 Å². The van der Waals surface area contributed by atoms with Gasteiger partial charge in [-0.1, -0.05) is 6.58 Å². The van der Waals surface area contributed by atoms with Crippen molar-refractivity contribution in [3.63, 3.8) is 0 Å². The van der Waals surface area contributed by atoms with Crippen LogP contribution in [0.2, 0.25) is 0 Å². The summed E-state index contributed by atoms with van der Waals surface area (Å²) in [7, 11) is 1.02. The Labute approximate surface area is 51.1 Å². The first-order valence-electron chi connectivity index (χ1n) is 0.911. The molecule has 0 heterocycles. The van der Waals surface area contributed by atoms with Crippen LogP contribution in [0.1, 0.15) is 4.28 Å². The minimum atomic E-state index is 0. The van der Waals surface area contributed by atoms with Crippen LogP contribution >= 0.6 is 0 Å². The Morgan fingerprint density at radius 2 is 2.00 bits per heavy atom. The molecule has 0 saturated heterocycles. The first-order chi connectivity index (χ1) is 1.41. The maximum Gasteiger partial charge on any atom is 0.0291 e. The summed E-state index contributed by atoms with van der Waals surface area (Å²) < 4.78 is 0.